The normalized spacial score (nSPS) is 10.3. The van der Waals surface area contributed by atoms with Gasteiger partial charge in [0.25, 0.3) is 5.91 Å². The maximum Gasteiger partial charge on any atom is 0.250 e. The smallest absolute Gasteiger partial charge is 0.250 e. The van der Waals surface area contributed by atoms with Crippen LogP contribution >= 0.6 is 0 Å². The van der Waals surface area contributed by atoms with Crippen LogP contribution in [-0.2, 0) is 0 Å². The van der Waals surface area contributed by atoms with Crippen molar-refractivity contribution in [3.05, 3.63) is 30.1 Å². The standard InChI is InChI=1S/C8H7N3O/c9-7(12)6-4-11-8-5(6)2-1-3-10-8/h1-4H,(H2,9,12)(H,10,11). The van der Waals surface area contributed by atoms with E-state index in [1.165, 1.54) is 0 Å². The number of nitrogens with one attached hydrogen (secondary N) is 1. The highest BCUT2D eigenvalue weighted by atomic mass is 16.1. The molecule has 2 rings (SSSR count). The minimum Gasteiger partial charge on any atom is -0.366 e. The van der Waals surface area contributed by atoms with Gasteiger partial charge in [0.15, 0.2) is 0 Å². The van der Waals surface area contributed by atoms with Crippen LogP contribution in [0.4, 0.5) is 0 Å². The highest BCUT2D eigenvalue weighted by Crippen LogP contribution is 2.14. The number of aromatic amines is 1. The number of carbonyl (C=O) groups is 1. The fourth-order valence-corrected chi connectivity index (χ4v) is 1.16. The molecule has 0 aliphatic rings. The molecule has 0 saturated carbocycles. The van der Waals surface area contributed by atoms with Crippen LogP contribution < -0.4 is 5.73 Å². The molecule has 0 unspecified atom stereocenters. The van der Waals surface area contributed by atoms with Gasteiger partial charge >= 0.3 is 0 Å². The number of primary amides is 1. The van der Waals surface area contributed by atoms with Crippen molar-refractivity contribution in [3.8, 4) is 0 Å². The number of carbonyl (C=O) groups excluding carboxylic acids is 1. The number of nitrogens with two attached hydrogens (primary N) is 1. The summed E-state index contributed by atoms with van der Waals surface area (Å²) < 4.78 is 0. The predicted octanol–water partition coefficient (Wildman–Crippen LogP) is 0.662. The molecule has 2 aromatic heterocycles. The van der Waals surface area contributed by atoms with E-state index >= 15 is 0 Å². The molecule has 1 amide bonds. The molecule has 60 valence electrons. The maximum absolute atomic E-state index is 10.9. The molecule has 0 bridgehead atoms. The summed E-state index contributed by atoms with van der Waals surface area (Å²) in [7, 11) is 0. The van der Waals surface area contributed by atoms with Gasteiger partial charge in [-0.1, -0.05) is 0 Å². The van der Waals surface area contributed by atoms with Crippen molar-refractivity contribution in [2.75, 3.05) is 0 Å². The Morgan fingerprint density at radius 3 is 3.17 bits per heavy atom. The maximum atomic E-state index is 10.9. The number of rotatable bonds is 1. The van der Waals surface area contributed by atoms with Crippen molar-refractivity contribution in [3.63, 3.8) is 0 Å². The van der Waals surface area contributed by atoms with E-state index in [1.54, 1.807) is 24.5 Å². The van der Waals surface area contributed by atoms with Gasteiger partial charge in [0.1, 0.15) is 5.65 Å². The van der Waals surface area contributed by atoms with Crippen LogP contribution in [0.15, 0.2) is 24.5 Å². The second-order valence-electron chi connectivity index (χ2n) is 2.47. The zero-order valence-corrected chi connectivity index (χ0v) is 6.24. The number of aromatic nitrogens is 2. The predicted molar refractivity (Wildman–Crippen MR) is 44.6 cm³/mol. The molecule has 4 heteroatoms. The first-order valence-electron chi connectivity index (χ1n) is 3.51. The highest BCUT2D eigenvalue weighted by Gasteiger charge is 2.07. The summed E-state index contributed by atoms with van der Waals surface area (Å²) in [4.78, 5) is 17.7. The van der Waals surface area contributed by atoms with E-state index in [-0.39, 0.29) is 0 Å². The fraction of sp³-hybridized carbons (Fsp3) is 0. The molecule has 12 heavy (non-hydrogen) atoms. The van der Waals surface area contributed by atoms with Crippen LogP contribution in [0, 0.1) is 0 Å². The van der Waals surface area contributed by atoms with Crippen LogP contribution in [0.2, 0.25) is 0 Å². The van der Waals surface area contributed by atoms with E-state index in [9.17, 15) is 4.79 Å². The number of nitrogens with zero attached hydrogens (tertiary/aromatic N) is 1. The molecule has 0 fully saturated rings. The minimum absolute atomic E-state index is 0.436. The van der Waals surface area contributed by atoms with Crippen molar-refractivity contribution in [1.29, 1.82) is 0 Å². The van der Waals surface area contributed by atoms with E-state index in [4.69, 9.17) is 5.73 Å². The molecule has 0 aromatic carbocycles. The van der Waals surface area contributed by atoms with Gasteiger partial charge in [-0.2, -0.15) is 0 Å². The van der Waals surface area contributed by atoms with Gasteiger partial charge in [0, 0.05) is 17.8 Å². The van der Waals surface area contributed by atoms with Crippen LogP contribution in [0.5, 0.6) is 0 Å². The van der Waals surface area contributed by atoms with E-state index in [0.29, 0.717) is 11.2 Å². The summed E-state index contributed by atoms with van der Waals surface area (Å²) in [6.07, 6.45) is 3.23. The quantitative estimate of drug-likeness (QED) is 0.644. The molecule has 0 atom stereocenters. The highest BCUT2D eigenvalue weighted by molar-refractivity contribution is 6.04. The van der Waals surface area contributed by atoms with Crippen molar-refractivity contribution >= 4 is 16.9 Å². The van der Waals surface area contributed by atoms with Gasteiger partial charge in [-0.25, -0.2) is 4.98 Å². The van der Waals surface area contributed by atoms with Gasteiger partial charge in [-0.15, -0.1) is 0 Å². The third kappa shape index (κ3) is 0.852. The lowest BCUT2D eigenvalue weighted by Crippen LogP contribution is -2.09. The van der Waals surface area contributed by atoms with Crippen molar-refractivity contribution in [1.82, 2.24) is 9.97 Å². The fourth-order valence-electron chi connectivity index (χ4n) is 1.16. The Morgan fingerprint density at radius 1 is 1.58 bits per heavy atom. The van der Waals surface area contributed by atoms with Gasteiger partial charge in [0.05, 0.1) is 5.56 Å². The first-order valence-corrected chi connectivity index (χ1v) is 3.51. The molecule has 0 aliphatic carbocycles. The molecule has 0 radical (unpaired) electrons. The first-order chi connectivity index (χ1) is 5.79. The minimum atomic E-state index is -0.436. The second-order valence-corrected chi connectivity index (χ2v) is 2.47. The Labute approximate surface area is 68.4 Å². The first kappa shape index (κ1) is 6.84. The monoisotopic (exact) mass is 161 g/mol. The average molecular weight is 161 g/mol. The van der Waals surface area contributed by atoms with Crippen LogP contribution in [0.1, 0.15) is 10.4 Å². The SMILES string of the molecule is NC(=O)c1c[nH]c2ncccc12. The topological polar surface area (TPSA) is 71.8 Å². The number of H-pyrrole nitrogens is 1. The van der Waals surface area contributed by atoms with Crippen molar-refractivity contribution in [2.24, 2.45) is 5.73 Å². The van der Waals surface area contributed by atoms with E-state index < -0.39 is 5.91 Å². The Morgan fingerprint density at radius 2 is 2.42 bits per heavy atom. The summed E-state index contributed by atoms with van der Waals surface area (Å²) in [5.74, 6) is -0.436. The van der Waals surface area contributed by atoms with Crippen molar-refractivity contribution in [2.45, 2.75) is 0 Å². The van der Waals surface area contributed by atoms with E-state index in [0.717, 1.165) is 5.39 Å². The molecule has 0 saturated heterocycles. The third-order valence-corrected chi connectivity index (χ3v) is 1.72. The molecule has 2 aromatic rings. The lowest BCUT2D eigenvalue weighted by atomic mass is 10.2. The number of amides is 1. The Hall–Kier alpha value is -1.84. The average Bonchev–Trinajstić information content (AvgIpc) is 2.47. The summed E-state index contributed by atoms with van der Waals surface area (Å²) >= 11 is 0. The lowest BCUT2D eigenvalue weighted by molar-refractivity contribution is 0.100. The summed E-state index contributed by atoms with van der Waals surface area (Å²) in [5, 5.41) is 0.769. The molecule has 3 N–H and O–H groups in total. The zero-order chi connectivity index (χ0) is 8.55. The molecular weight excluding hydrogens is 154 g/mol. The van der Waals surface area contributed by atoms with Crippen LogP contribution in [-0.4, -0.2) is 15.9 Å². The Bertz CT molecular complexity index is 433. The number of hydrogen-bond donors (Lipinski definition) is 2. The number of pyridine rings is 1. The summed E-state index contributed by atoms with van der Waals surface area (Å²) in [6.45, 7) is 0. The summed E-state index contributed by atoms with van der Waals surface area (Å²) in [6, 6.07) is 3.57. The third-order valence-electron chi connectivity index (χ3n) is 1.72. The summed E-state index contributed by atoms with van der Waals surface area (Å²) in [5.41, 5.74) is 6.31. The largest absolute Gasteiger partial charge is 0.366 e. The van der Waals surface area contributed by atoms with Gasteiger partial charge in [0.2, 0.25) is 0 Å². The molecule has 0 spiro atoms. The molecule has 0 aliphatic heterocycles. The van der Waals surface area contributed by atoms with Crippen LogP contribution in [0.25, 0.3) is 11.0 Å². The van der Waals surface area contributed by atoms with E-state index in [1.807, 2.05) is 0 Å². The Balaban J connectivity index is 2.79. The second kappa shape index (κ2) is 2.34. The zero-order valence-electron chi connectivity index (χ0n) is 6.24. The molecule has 2 heterocycles. The molecular formula is C8H7N3O. The van der Waals surface area contributed by atoms with Gasteiger partial charge < -0.3 is 10.7 Å². The Kier molecular flexibility index (Phi) is 1.33. The lowest BCUT2D eigenvalue weighted by Gasteiger charge is -1.89. The van der Waals surface area contributed by atoms with Gasteiger partial charge in [-0.3, -0.25) is 4.79 Å². The van der Waals surface area contributed by atoms with E-state index in [2.05, 4.69) is 9.97 Å². The number of fused-ring (bicyclic) bond motifs is 1. The van der Waals surface area contributed by atoms with Crippen molar-refractivity contribution < 1.29 is 4.79 Å². The number of hydrogen-bond acceptors (Lipinski definition) is 2. The van der Waals surface area contributed by atoms with Crippen LogP contribution in [0.3, 0.4) is 0 Å². The van der Waals surface area contributed by atoms with Gasteiger partial charge in [-0.05, 0) is 12.1 Å². The molecule has 4 nitrogen and oxygen atoms in total.